The van der Waals surface area contributed by atoms with Crippen LogP contribution in [0.3, 0.4) is 0 Å². The fraction of sp³-hybridized carbons (Fsp3) is 0.636. The number of nitrogens with two attached hydrogens (primary N) is 1. The minimum Gasteiger partial charge on any atom is -0.471 e. The molecule has 1 aromatic rings. The van der Waals surface area contributed by atoms with E-state index in [-0.39, 0.29) is 23.2 Å². The van der Waals surface area contributed by atoms with Crippen LogP contribution >= 0.6 is 0 Å². The summed E-state index contributed by atoms with van der Waals surface area (Å²) in [6.07, 6.45) is 0. The number of aryl methyl sites for hydroxylation is 1. The summed E-state index contributed by atoms with van der Waals surface area (Å²) in [5.74, 6) is -0.0944. The summed E-state index contributed by atoms with van der Waals surface area (Å²) in [5, 5.41) is 11.0. The van der Waals surface area contributed by atoms with Crippen LogP contribution in [0.2, 0.25) is 0 Å². The van der Waals surface area contributed by atoms with E-state index in [1.54, 1.807) is 0 Å². The fourth-order valence-electron chi connectivity index (χ4n) is 1.68. The zero-order chi connectivity index (χ0) is 14.4. The molecule has 2 N–H and O–H groups in total. The molecular weight excluding hydrogens is 250 g/mol. The van der Waals surface area contributed by atoms with Gasteiger partial charge in [-0.3, -0.25) is 10.1 Å². The Morgan fingerprint density at radius 2 is 2.00 bits per heavy atom. The molecule has 0 saturated carbocycles. The molecule has 0 saturated heterocycles. The van der Waals surface area contributed by atoms with Crippen LogP contribution in [0.5, 0.6) is 5.88 Å². The molecule has 0 unspecified atom stereocenters. The highest BCUT2D eigenvalue weighted by Crippen LogP contribution is 2.27. The second kappa shape index (κ2) is 6.83. The van der Waals surface area contributed by atoms with Gasteiger partial charge in [0.25, 0.3) is 5.88 Å². The minimum absolute atomic E-state index is 0.0269. The molecular formula is C11H19N5O3. The third-order valence-electron chi connectivity index (χ3n) is 2.77. The standard InChI is InChI=1S/C11H19N5O3/c1-4-15(5-2)6-7-19-10-9(16(17)18)8(3)13-11(12)14-10/h4-7H2,1-3H3,(H2,12,13,14). The maximum Gasteiger partial charge on any atom is 0.352 e. The number of aromatic nitrogens is 2. The van der Waals surface area contributed by atoms with Crippen molar-refractivity contribution in [1.82, 2.24) is 14.9 Å². The summed E-state index contributed by atoms with van der Waals surface area (Å²) in [4.78, 5) is 20.1. The molecule has 0 atom stereocenters. The first kappa shape index (κ1) is 15.1. The fourth-order valence-corrected chi connectivity index (χ4v) is 1.68. The highest BCUT2D eigenvalue weighted by Gasteiger charge is 2.23. The molecule has 1 aromatic heterocycles. The summed E-state index contributed by atoms with van der Waals surface area (Å²) in [7, 11) is 0. The molecule has 0 amide bonds. The van der Waals surface area contributed by atoms with Crippen LogP contribution in [-0.2, 0) is 0 Å². The van der Waals surface area contributed by atoms with Crippen molar-refractivity contribution in [2.24, 2.45) is 0 Å². The Labute approximate surface area is 111 Å². The van der Waals surface area contributed by atoms with E-state index < -0.39 is 4.92 Å². The lowest BCUT2D eigenvalue weighted by Gasteiger charge is -2.17. The first-order valence-electron chi connectivity index (χ1n) is 6.13. The minimum atomic E-state index is -0.554. The van der Waals surface area contributed by atoms with E-state index in [4.69, 9.17) is 10.5 Å². The number of nitro groups is 1. The molecule has 8 heteroatoms. The smallest absolute Gasteiger partial charge is 0.352 e. The average Bonchev–Trinajstić information content (AvgIpc) is 2.33. The summed E-state index contributed by atoms with van der Waals surface area (Å²) >= 11 is 0. The largest absolute Gasteiger partial charge is 0.471 e. The lowest BCUT2D eigenvalue weighted by molar-refractivity contribution is -0.387. The van der Waals surface area contributed by atoms with E-state index in [1.165, 1.54) is 6.92 Å². The summed E-state index contributed by atoms with van der Waals surface area (Å²) in [6, 6.07) is 0. The van der Waals surface area contributed by atoms with Gasteiger partial charge in [-0.1, -0.05) is 13.8 Å². The van der Waals surface area contributed by atoms with E-state index in [1.807, 2.05) is 13.8 Å². The molecule has 0 aromatic carbocycles. The zero-order valence-corrected chi connectivity index (χ0v) is 11.4. The van der Waals surface area contributed by atoms with E-state index in [2.05, 4.69) is 14.9 Å². The van der Waals surface area contributed by atoms with Crippen LogP contribution in [0, 0.1) is 17.0 Å². The second-order valence-electron chi connectivity index (χ2n) is 3.95. The number of nitrogens with zero attached hydrogens (tertiary/aromatic N) is 4. The van der Waals surface area contributed by atoms with Crippen molar-refractivity contribution < 1.29 is 9.66 Å². The second-order valence-corrected chi connectivity index (χ2v) is 3.95. The number of hydrogen-bond donors (Lipinski definition) is 1. The number of nitrogen functional groups attached to an aromatic ring is 1. The normalized spacial score (nSPS) is 10.7. The van der Waals surface area contributed by atoms with Crippen LogP contribution in [0.1, 0.15) is 19.5 Å². The maximum absolute atomic E-state index is 11.0. The molecule has 0 bridgehead atoms. The topological polar surface area (TPSA) is 107 Å². The molecule has 0 aliphatic carbocycles. The van der Waals surface area contributed by atoms with Crippen molar-refractivity contribution >= 4 is 11.6 Å². The van der Waals surface area contributed by atoms with Gasteiger partial charge in [-0.2, -0.15) is 4.98 Å². The van der Waals surface area contributed by atoms with E-state index >= 15 is 0 Å². The van der Waals surface area contributed by atoms with E-state index in [9.17, 15) is 10.1 Å². The molecule has 0 radical (unpaired) electrons. The van der Waals surface area contributed by atoms with Gasteiger partial charge in [0.15, 0.2) is 0 Å². The van der Waals surface area contributed by atoms with Gasteiger partial charge in [-0.15, -0.1) is 0 Å². The van der Waals surface area contributed by atoms with Gasteiger partial charge in [0.1, 0.15) is 12.3 Å². The van der Waals surface area contributed by atoms with Crippen LogP contribution in [0.25, 0.3) is 0 Å². The van der Waals surface area contributed by atoms with Crippen molar-refractivity contribution in [2.45, 2.75) is 20.8 Å². The molecule has 0 aliphatic rings. The number of hydrogen-bond acceptors (Lipinski definition) is 7. The number of ether oxygens (including phenoxy) is 1. The molecule has 0 fully saturated rings. The molecule has 1 rings (SSSR count). The highest BCUT2D eigenvalue weighted by atomic mass is 16.6. The molecule has 0 spiro atoms. The van der Waals surface area contributed by atoms with Crippen molar-refractivity contribution in [3.63, 3.8) is 0 Å². The first-order chi connectivity index (χ1) is 8.99. The van der Waals surface area contributed by atoms with E-state index in [0.717, 1.165) is 13.1 Å². The Hall–Kier alpha value is -1.96. The van der Waals surface area contributed by atoms with Crippen LogP contribution < -0.4 is 10.5 Å². The van der Waals surface area contributed by atoms with Gasteiger partial charge in [0.2, 0.25) is 5.95 Å². The van der Waals surface area contributed by atoms with E-state index in [0.29, 0.717) is 13.2 Å². The van der Waals surface area contributed by atoms with Gasteiger partial charge >= 0.3 is 5.69 Å². The Bertz CT molecular complexity index is 448. The molecule has 1 heterocycles. The third kappa shape index (κ3) is 4.02. The maximum atomic E-state index is 11.0. The van der Waals surface area contributed by atoms with Gasteiger partial charge in [-0.05, 0) is 20.0 Å². The molecule has 0 aliphatic heterocycles. The van der Waals surface area contributed by atoms with Gasteiger partial charge < -0.3 is 15.4 Å². The Balaban J connectivity index is 2.80. The van der Waals surface area contributed by atoms with Gasteiger partial charge in [-0.25, -0.2) is 4.98 Å². The first-order valence-corrected chi connectivity index (χ1v) is 6.13. The summed E-state index contributed by atoms with van der Waals surface area (Å²) in [6.45, 7) is 8.37. The van der Waals surface area contributed by atoms with Crippen LogP contribution in [0.15, 0.2) is 0 Å². The molecule has 106 valence electrons. The quantitative estimate of drug-likeness (QED) is 0.581. The lowest BCUT2D eigenvalue weighted by atomic mass is 10.3. The number of anilines is 1. The Kier molecular flexibility index (Phi) is 5.43. The summed E-state index contributed by atoms with van der Waals surface area (Å²) in [5.41, 5.74) is 5.45. The van der Waals surface area contributed by atoms with Crippen LogP contribution in [-0.4, -0.2) is 46.0 Å². The predicted octanol–water partition coefficient (Wildman–Crippen LogP) is 0.996. The van der Waals surface area contributed by atoms with Gasteiger partial charge in [0, 0.05) is 6.54 Å². The number of likely N-dealkylation sites (N-methyl/N-ethyl adjacent to an activating group) is 1. The van der Waals surface area contributed by atoms with Crippen molar-refractivity contribution in [2.75, 3.05) is 32.0 Å². The monoisotopic (exact) mass is 269 g/mol. The number of rotatable bonds is 7. The van der Waals surface area contributed by atoms with Crippen LogP contribution in [0.4, 0.5) is 11.6 Å². The van der Waals surface area contributed by atoms with Gasteiger partial charge in [0.05, 0.1) is 4.92 Å². The molecule has 19 heavy (non-hydrogen) atoms. The highest BCUT2D eigenvalue weighted by molar-refractivity contribution is 5.47. The summed E-state index contributed by atoms with van der Waals surface area (Å²) < 4.78 is 5.38. The predicted molar refractivity (Wildman–Crippen MR) is 71.1 cm³/mol. The zero-order valence-electron chi connectivity index (χ0n) is 11.4. The third-order valence-corrected chi connectivity index (χ3v) is 2.77. The lowest BCUT2D eigenvalue weighted by Crippen LogP contribution is -2.28. The Morgan fingerprint density at radius 1 is 1.37 bits per heavy atom. The average molecular weight is 269 g/mol. The SMILES string of the molecule is CCN(CC)CCOc1nc(N)nc(C)c1[N+](=O)[O-]. The van der Waals surface area contributed by atoms with Crippen molar-refractivity contribution in [3.8, 4) is 5.88 Å². The van der Waals surface area contributed by atoms with Crippen molar-refractivity contribution in [1.29, 1.82) is 0 Å². The Morgan fingerprint density at radius 3 is 2.53 bits per heavy atom. The van der Waals surface area contributed by atoms with Crippen molar-refractivity contribution in [3.05, 3.63) is 15.8 Å². The molecule has 8 nitrogen and oxygen atoms in total.